The third-order valence-electron chi connectivity index (χ3n) is 4.48. The Balaban J connectivity index is 0.00000218. The van der Waals surface area contributed by atoms with Crippen LogP contribution in [-0.4, -0.2) is 64.8 Å². The van der Waals surface area contributed by atoms with Crippen molar-refractivity contribution in [2.75, 3.05) is 26.2 Å². The number of amides is 2. The maximum Gasteiger partial charge on any atom is 0.410 e. The first-order valence-electron chi connectivity index (χ1n) is 10.00. The van der Waals surface area contributed by atoms with Crippen LogP contribution in [0.3, 0.4) is 0 Å². The van der Waals surface area contributed by atoms with E-state index in [1.165, 1.54) is 15.9 Å². The molecule has 1 unspecified atom stereocenters. The topological polar surface area (TPSA) is 70.1 Å². The number of piperazine rings is 1. The molecule has 2 rings (SSSR count). The van der Waals surface area contributed by atoms with E-state index >= 15 is 0 Å². The molecule has 1 aliphatic rings. The van der Waals surface area contributed by atoms with Crippen LogP contribution < -0.4 is 0 Å². The lowest BCUT2D eigenvalue weighted by molar-refractivity contribution is 0.00167. The molecule has 0 spiro atoms. The lowest BCUT2D eigenvalue weighted by Gasteiger charge is -2.41. The van der Waals surface area contributed by atoms with Crippen LogP contribution in [0.25, 0.3) is 0 Å². The van der Waals surface area contributed by atoms with Crippen molar-refractivity contribution in [3.63, 3.8) is 0 Å². The Labute approximate surface area is 187 Å². The molecule has 0 saturated carbocycles. The average Bonchev–Trinajstić information content (AvgIpc) is 2.69. The van der Waals surface area contributed by atoms with Crippen molar-refractivity contribution >= 4 is 35.2 Å². The monoisotopic (exact) mass is 464 g/mol. The number of aliphatic hydroxyl groups excluding tert-OH is 1. The molecule has 0 aliphatic carbocycles. The number of benzene rings is 1. The minimum Gasteiger partial charge on any atom is -0.444 e. The molecule has 1 aliphatic heterocycles. The number of aliphatic hydroxyl groups is 1. The van der Waals surface area contributed by atoms with Gasteiger partial charge in [-0.1, -0.05) is 37.0 Å². The first-order valence-corrected chi connectivity index (χ1v) is 10.8. The molecule has 1 N–H and O–H groups in total. The van der Waals surface area contributed by atoms with Crippen LogP contribution in [0.1, 0.15) is 57.0 Å². The number of hydrogen-bond donors (Lipinski definition) is 1. The SMILES string of the molecule is CC.Cc1c(Cl)cc(C(=O)N2CCN(C(=O)OC(C)(C)C)CC2CCO)c(F)c1Cl. The second kappa shape index (κ2) is 11.2. The normalized spacial score (nSPS) is 16.7. The summed E-state index contributed by atoms with van der Waals surface area (Å²) in [6.45, 7) is 11.3. The Bertz CT molecular complexity index is 768. The molecule has 1 fully saturated rings. The molecule has 0 aromatic heterocycles. The zero-order chi connectivity index (χ0) is 23.2. The number of carbonyl (C=O) groups excluding carboxylic acids is 2. The lowest BCUT2D eigenvalue weighted by atomic mass is 10.0. The number of rotatable bonds is 3. The van der Waals surface area contributed by atoms with Gasteiger partial charge in [-0.25, -0.2) is 9.18 Å². The van der Waals surface area contributed by atoms with Crippen molar-refractivity contribution in [1.82, 2.24) is 9.80 Å². The molecular weight excluding hydrogens is 434 g/mol. The van der Waals surface area contributed by atoms with Gasteiger partial charge in [0.2, 0.25) is 0 Å². The van der Waals surface area contributed by atoms with E-state index in [1.807, 2.05) is 13.8 Å². The van der Waals surface area contributed by atoms with E-state index in [4.69, 9.17) is 27.9 Å². The Morgan fingerprint density at radius 2 is 1.87 bits per heavy atom. The molecule has 0 radical (unpaired) electrons. The molecule has 9 heteroatoms. The van der Waals surface area contributed by atoms with Crippen LogP contribution in [0.2, 0.25) is 10.0 Å². The van der Waals surface area contributed by atoms with Gasteiger partial charge in [0.25, 0.3) is 5.91 Å². The molecular formula is C21H31Cl2FN2O4. The Morgan fingerprint density at radius 1 is 1.27 bits per heavy atom. The highest BCUT2D eigenvalue weighted by Gasteiger charge is 2.35. The van der Waals surface area contributed by atoms with Crippen LogP contribution in [0.15, 0.2) is 6.07 Å². The molecule has 1 aromatic rings. The van der Waals surface area contributed by atoms with Crippen molar-refractivity contribution in [3.8, 4) is 0 Å². The van der Waals surface area contributed by atoms with Gasteiger partial charge in [0, 0.05) is 31.3 Å². The van der Waals surface area contributed by atoms with Crippen molar-refractivity contribution in [1.29, 1.82) is 0 Å². The largest absolute Gasteiger partial charge is 0.444 e. The fraction of sp³-hybridized carbons (Fsp3) is 0.619. The second-order valence-corrected chi connectivity index (χ2v) is 8.54. The van der Waals surface area contributed by atoms with Gasteiger partial charge in [-0.05, 0) is 45.7 Å². The summed E-state index contributed by atoms with van der Waals surface area (Å²) >= 11 is 12.0. The van der Waals surface area contributed by atoms with Crippen LogP contribution in [0.4, 0.5) is 9.18 Å². The van der Waals surface area contributed by atoms with Gasteiger partial charge in [0.1, 0.15) is 5.60 Å². The van der Waals surface area contributed by atoms with E-state index in [-0.39, 0.29) is 48.3 Å². The summed E-state index contributed by atoms with van der Waals surface area (Å²) in [6, 6.07) is 0.772. The van der Waals surface area contributed by atoms with E-state index in [9.17, 15) is 19.1 Å². The van der Waals surface area contributed by atoms with Crippen LogP contribution in [-0.2, 0) is 4.74 Å². The highest BCUT2D eigenvalue weighted by molar-refractivity contribution is 6.36. The molecule has 0 bridgehead atoms. The van der Waals surface area contributed by atoms with Crippen molar-refractivity contribution in [2.45, 2.75) is 59.6 Å². The predicted molar refractivity (Wildman–Crippen MR) is 117 cm³/mol. The smallest absolute Gasteiger partial charge is 0.410 e. The maximum atomic E-state index is 14.6. The van der Waals surface area contributed by atoms with E-state index in [0.29, 0.717) is 5.56 Å². The van der Waals surface area contributed by atoms with Crippen molar-refractivity contribution in [2.24, 2.45) is 0 Å². The summed E-state index contributed by atoms with van der Waals surface area (Å²) in [5.41, 5.74) is -0.511. The minimum absolute atomic E-state index is 0.172. The predicted octanol–water partition coefficient (Wildman–Crippen LogP) is 4.91. The summed E-state index contributed by atoms with van der Waals surface area (Å²) in [5.74, 6) is -1.41. The van der Waals surface area contributed by atoms with Gasteiger partial charge in [-0.3, -0.25) is 4.79 Å². The van der Waals surface area contributed by atoms with Crippen LogP contribution >= 0.6 is 23.2 Å². The summed E-state index contributed by atoms with van der Waals surface area (Å²) < 4.78 is 20.0. The fourth-order valence-electron chi connectivity index (χ4n) is 3.01. The lowest BCUT2D eigenvalue weighted by Crippen LogP contribution is -2.57. The first-order chi connectivity index (χ1) is 14.0. The third-order valence-corrected chi connectivity index (χ3v) is 5.32. The molecule has 1 heterocycles. The average molecular weight is 465 g/mol. The first kappa shape index (κ1) is 26.5. The zero-order valence-corrected chi connectivity index (χ0v) is 19.9. The summed E-state index contributed by atoms with van der Waals surface area (Å²) in [4.78, 5) is 28.2. The Hall–Kier alpha value is -1.57. The van der Waals surface area contributed by atoms with Crippen LogP contribution in [0.5, 0.6) is 0 Å². The summed E-state index contributed by atoms with van der Waals surface area (Å²) in [7, 11) is 0. The number of halogens is 3. The number of nitrogens with zero attached hydrogens (tertiary/aromatic N) is 2. The molecule has 30 heavy (non-hydrogen) atoms. The van der Waals surface area contributed by atoms with E-state index < -0.39 is 29.5 Å². The van der Waals surface area contributed by atoms with Gasteiger partial charge >= 0.3 is 6.09 Å². The van der Waals surface area contributed by atoms with Gasteiger partial charge in [0.05, 0.1) is 16.6 Å². The van der Waals surface area contributed by atoms with Gasteiger partial charge < -0.3 is 19.6 Å². The highest BCUT2D eigenvalue weighted by Crippen LogP contribution is 2.31. The molecule has 1 saturated heterocycles. The zero-order valence-electron chi connectivity index (χ0n) is 18.4. The summed E-state index contributed by atoms with van der Waals surface area (Å²) in [5, 5.41) is 9.39. The highest BCUT2D eigenvalue weighted by atomic mass is 35.5. The van der Waals surface area contributed by atoms with E-state index in [0.717, 1.165) is 0 Å². The summed E-state index contributed by atoms with van der Waals surface area (Å²) in [6.07, 6.45) is -0.255. The van der Waals surface area contributed by atoms with Gasteiger partial charge in [0.15, 0.2) is 5.82 Å². The van der Waals surface area contributed by atoms with E-state index in [1.54, 1.807) is 27.7 Å². The van der Waals surface area contributed by atoms with Crippen molar-refractivity contribution < 1.29 is 23.8 Å². The van der Waals surface area contributed by atoms with Gasteiger partial charge in [-0.15, -0.1) is 0 Å². The van der Waals surface area contributed by atoms with Crippen LogP contribution in [0, 0.1) is 12.7 Å². The molecule has 1 atom stereocenters. The standard InChI is InChI=1S/C19H25Cl2FN2O4.C2H6/c1-11-14(20)9-13(16(22)15(11)21)17(26)24-7-6-23(10-12(24)5-8-25)18(27)28-19(2,3)4;1-2/h9,12,25H,5-8,10H2,1-4H3;1-2H3. The number of carbonyl (C=O) groups is 2. The maximum absolute atomic E-state index is 14.6. The molecule has 1 aromatic carbocycles. The Kier molecular flexibility index (Phi) is 9.85. The van der Waals surface area contributed by atoms with E-state index in [2.05, 4.69) is 0 Å². The number of ether oxygens (including phenoxy) is 1. The molecule has 2 amide bonds. The Morgan fingerprint density at radius 3 is 2.40 bits per heavy atom. The fourth-order valence-corrected chi connectivity index (χ4v) is 3.46. The minimum atomic E-state index is -0.828. The van der Waals surface area contributed by atoms with Crippen molar-refractivity contribution in [3.05, 3.63) is 33.1 Å². The molecule has 170 valence electrons. The molecule has 6 nitrogen and oxygen atoms in total. The second-order valence-electron chi connectivity index (χ2n) is 7.75. The number of hydrogen-bond acceptors (Lipinski definition) is 4. The van der Waals surface area contributed by atoms with Gasteiger partial charge in [-0.2, -0.15) is 0 Å². The third kappa shape index (κ3) is 6.46. The quantitative estimate of drug-likeness (QED) is 0.644.